The minimum Gasteiger partial charge on any atom is -0.353 e. The average Bonchev–Trinajstić information content (AvgIpc) is 3.14. The van der Waals surface area contributed by atoms with Gasteiger partial charge in [-0.1, -0.05) is 12.1 Å². The van der Waals surface area contributed by atoms with Crippen molar-refractivity contribution in [3.8, 4) is 11.4 Å². The van der Waals surface area contributed by atoms with Crippen molar-refractivity contribution in [3.63, 3.8) is 0 Å². The Morgan fingerprint density at radius 2 is 1.84 bits per heavy atom. The number of para-hydroxylation sites is 1. The van der Waals surface area contributed by atoms with Crippen LogP contribution < -0.4 is 16.0 Å². The highest BCUT2D eigenvalue weighted by molar-refractivity contribution is 7.90. The number of hydrogen-bond acceptors (Lipinski definition) is 8. The number of hydrogen-bond donors (Lipinski definition) is 3. The van der Waals surface area contributed by atoms with Crippen molar-refractivity contribution in [2.45, 2.75) is 10.9 Å². The summed E-state index contributed by atoms with van der Waals surface area (Å²) in [6.07, 6.45) is 1.17. The van der Waals surface area contributed by atoms with E-state index < -0.39 is 15.9 Å². The number of benzene rings is 2. The van der Waals surface area contributed by atoms with Gasteiger partial charge in [-0.15, -0.1) is 5.10 Å². The van der Waals surface area contributed by atoms with Crippen molar-refractivity contribution in [2.24, 2.45) is 0 Å². The fourth-order valence-electron chi connectivity index (χ4n) is 3.63. The van der Waals surface area contributed by atoms with Crippen LogP contribution in [0.1, 0.15) is 0 Å². The second kappa shape index (κ2) is 7.84. The normalized spacial score (nSPS) is 17.3. The summed E-state index contributed by atoms with van der Waals surface area (Å²) in [6, 6.07) is 13.5. The molecule has 1 aliphatic rings. The number of anilines is 1. The van der Waals surface area contributed by atoms with Gasteiger partial charge in [0, 0.05) is 36.8 Å². The molecule has 1 amide bonds. The lowest BCUT2D eigenvalue weighted by atomic mass is 10.2. The Hall–Kier alpha value is -3.57. The first kappa shape index (κ1) is 20.3. The van der Waals surface area contributed by atoms with Crippen molar-refractivity contribution >= 4 is 38.2 Å². The van der Waals surface area contributed by atoms with Crippen LogP contribution in [0.15, 0.2) is 53.4 Å². The fraction of sp³-hybridized carbons (Fsp3) is 0.238. The smallest absolute Gasteiger partial charge is 0.243 e. The van der Waals surface area contributed by atoms with Crippen LogP contribution in [0.2, 0.25) is 0 Å². The van der Waals surface area contributed by atoms with Crippen LogP contribution in [0.3, 0.4) is 0 Å². The molecule has 3 N–H and O–H groups in total. The molecule has 1 saturated heterocycles. The van der Waals surface area contributed by atoms with Crippen LogP contribution in [0.25, 0.3) is 27.9 Å². The highest BCUT2D eigenvalue weighted by Crippen LogP contribution is 2.25. The minimum absolute atomic E-state index is 0.116. The Morgan fingerprint density at radius 3 is 2.62 bits per heavy atom. The van der Waals surface area contributed by atoms with Crippen molar-refractivity contribution in [1.29, 1.82) is 0 Å². The number of sulfone groups is 1. The van der Waals surface area contributed by atoms with Gasteiger partial charge in [-0.2, -0.15) is 4.52 Å². The van der Waals surface area contributed by atoms with Gasteiger partial charge in [0.15, 0.2) is 21.3 Å². The number of carbonyl (C=O) groups excluding carboxylic acids is 1. The largest absolute Gasteiger partial charge is 0.353 e. The lowest BCUT2D eigenvalue weighted by molar-refractivity contribution is -0.121. The zero-order valence-electron chi connectivity index (χ0n) is 17.2. The molecule has 1 fully saturated rings. The van der Waals surface area contributed by atoms with Crippen LogP contribution in [-0.2, 0) is 14.6 Å². The first-order valence-electron chi connectivity index (χ1n) is 10.1. The Bertz CT molecular complexity index is 1430. The summed E-state index contributed by atoms with van der Waals surface area (Å²) in [6.45, 7) is 1.71. The summed E-state index contributed by atoms with van der Waals surface area (Å²) in [5, 5.41) is 14.7. The van der Waals surface area contributed by atoms with E-state index in [0.29, 0.717) is 42.6 Å². The number of nitrogens with zero attached hydrogens (tertiary/aromatic N) is 4. The summed E-state index contributed by atoms with van der Waals surface area (Å²) < 4.78 is 25.1. The molecule has 4 aromatic rings. The summed E-state index contributed by atoms with van der Waals surface area (Å²) in [7, 11) is -3.30. The monoisotopic (exact) mass is 451 g/mol. The molecule has 0 aliphatic carbocycles. The van der Waals surface area contributed by atoms with Gasteiger partial charge >= 0.3 is 0 Å². The van der Waals surface area contributed by atoms with Crippen molar-refractivity contribution < 1.29 is 13.2 Å². The lowest BCUT2D eigenvalue weighted by Gasteiger charge is -2.16. The highest BCUT2D eigenvalue weighted by atomic mass is 32.2. The van der Waals surface area contributed by atoms with E-state index in [9.17, 15) is 13.2 Å². The molecule has 0 saturated carbocycles. The van der Waals surface area contributed by atoms with Crippen LogP contribution in [0, 0.1) is 0 Å². The van der Waals surface area contributed by atoms with Gasteiger partial charge in [0.25, 0.3) is 0 Å². The first-order chi connectivity index (χ1) is 15.4. The number of rotatable bonds is 4. The van der Waals surface area contributed by atoms with Crippen LogP contribution in [0.5, 0.6) is 0 Å². The van der Waals surface area contributed by atoms with E-state index in [-0.39, 0.29) is 10.8 Å². The molecule has 32 heavy (non-hydrogen) atoms. The van der Waals surface area contributed by atoms with E-state index >= 15 is 0 Å². The summed E-state index contributed by atoms with van der Waals surface area (Å²) in [5.74, 6) is 0.707. The molecule has 0 unspecified atom stereocenters. The Kier molecular flexibility index (Phi) is 4.98. The van der Waals surface area contributed by atoms with E-state index in [4.69, 9.17) is 4.98 Å². The molecule has 10 nitrogen and oxygen atoms in total. The third-order valence-corrected chi connectivity index (χ3v) is 6.42. The molecular weight excluding hydrogens is 430 g/mol. The van der Waals surface area contributed by atoms with Gasteiger partial charge in [0.05, 0.1) is 10.4 Å². The maximum atomic E-state index is 12.4. The van der Waals surface area contributed by atoms with E-state index in [1.54, 1.807) is 16.6 Å². The van der Waals surface area contributed by atoms with Crippen LogP contribution >= 0.6 is 0 Å². The molecule has 1 atom stereocenters. The van der Waals surface area contributed by atoms with E-state index in [1.165, 1.54) is 18.4 Å². The number of aromatic nitrogens is 4. The summed E-state index contributed by atoms with van der Waals surface area (Å²) >= 11 is 0. The van der Waals surface area contributed by atoms with Gasteiger partial charge in [-0.05, 0) is 36.4 Å². The Balaban J connectivity index is 1.62. The van der Waals surface area contributed by atoms with E-state index in [0.717, 1.165) is 10.9 Å². The summed E-state index contributed by atoms with van der Waals surface area (Å²) in [4.78, 5) is 22.0. The molecule has 0 radical (unpaired) electrons. The van der Waals surface area contributed by atoms with E-state index in [2.05, 4.69) is 26.0 Å². The molecule has 0 spiro atoms. The molecule has 0 bridgehead atoms. The van der Waals surface area contributed by atoms with Crippen molar-refractivity contribution in [3.05, 3.63) is 48.5 Å². The topological polar surface area (TPSA) is 130 Å². The molecule has 3 heterocycles. The molecule has 11 heteroatoms. The number of carbonyl (C=O) groups is 1. The fourth-order valence-corrected chi connectivity index (χ4v) is 4.26. The first-order valence-corrected chi connectivity index (χ1v) is 12.0. The Labute approximate surface area is 184 Å². The van der Waals surface area contributed by atoms with Gasteiger partial charge in [-0.3, -0.25) is 4.79 Å². The predicted octanol–water partition coefficient (Wildman–Crippen LogP) is 0.848. The maximum absolute atomic E-state index is 12.4. The second-order valence-electron chi connectivity index (χ2n) is 7.61. The zero-order valence-corrected chi connectivity index (χ0v) is 18.1. The van der Waals surface area contributed by atoms with Gasteiger partial charge in [0.2, 0.25) is 11.9 Å². The Morgan fingerprint density at radius 1 is 1.06 bits per heavy atom. The molecule has 2 aromatic heterocycles. The summed E-state index contributed by atoms with van der Waals surface area (Å²) in [5.41, 5.74) is 1.98. The maximum Gasteiger partial charge on any atom is 0.243 e. The quantitative estimate of drug-likeness (QED) is 0.416. The molecular formula is C21H21N7O3S. The average molecular weight is 452 g/mol. The van der Waals surface area contributed by atoms with Crippen LogP contribution in [0.4, 0.5) is 5.95 Å². The number of amides is 1. The third-order valence-electron chi connectivity index (χ3n) is 5.29. The molecule has 2 aromatic carbocycles. The number of nitrogens with one attached hydrogen (secondary N) is 3. The third kappa shape index (κ3) is 3.76. The van der Waals surface area contributed by atoms with Gasteiger partial charge in [-0.25, -0.2) is 18.4 Å². The minimum atomic E-state index is -3.30. The zero-order chi connectivity index (χ0) is 22.3. The van der Waals surface area contributed by atoms with Crippen LogP contribution in [-0.4, -0.2) is 65.8 Å². The molecule has 1 aliphatic heterocycles. The molecule has 164 valence electrons. The van der Waals surface area contributed by atoms with Crippen molar-refractivity contribution in [1.82, 2.24) is 30.2 Å². The number of fused-ring (bicyclic) bond motifs is 3. The highest BCUT2D eigenvalue weighted by Gasteiger charge is 2.23. The van der Waals surface area contributed by atoms with Crippen molar-refractivity contribution in [2.75, 3.05) is 31.2 Å². The molecule has 5 rings (SSSR count). The predicted molar refractivity (Wildman–Crippen MR) is 120 cm³/mol. The SMILES string of the molecule is CS(=O)(=O)c1ccc(-c2nc3c4ccccc4nc(N[C@@H]4CNCCNC4=O)n3n2)cc1. The van der Waals surface area contributed by atoms with E-state index in [1.807, 2.05) is 24.3 Å². The lowest BCUT2D eigenvalue weighted by Crippen LogP contribution is -2.42. The van der Waals surface area contributed by atoms with Gasteiger partial charge in [0.1, 0.15) is 6.04 Å². The standard InChI is InChI=1S/C21H21N7O3S/c1-32(30,31)14-8-6-13(7-9-14)18-26-19-15-4-2-3-5-16(15)24-21(28(19)27-18)25-17-12-22-10-11-23-20(17)29/h2-9,17,22H,10-12H2,1H3,(H,23,29)(H,24,25)/t17-/m1/s1. The van der Waals surface area contributed by atoms with Gasteiger partial charge < -0.3 is 16.0 Å². The second-order valence-corrected chi connectivity index (χ2v) is 9.63.